The molecular formula is C13H21NO2S. The van der Waals surface area contributed by atoms with E-state index >= 15 is 0 Å². The first-order valence-electron chi connectivity index (χ1n) is 6.83. The largest absolute Gasteiger partial charge is 0.480 e. The average molecular weight is 255 g/mol. The molecule has 2 aliphatic carbocycles. The summed E-state index contributed by atoms with van der Waals surface area (Å²) in [6.07, 6.45) is 8.59. The van der Waals surface area contributed by atoms with Crippen molar-refractivity contribution in [1.29, 1.82) is 0 Å². The van der Waals surface area contributed by atoms with Crippen LogP contribution in [0.25, 0.3) is 0 Å². The zero-order chi connectivity index (χ0) is 11.9. The Morgan fingerprint density at radius 3 is 2.76 bits per heavy atom. The van der Waals surface area contributed by atoms with Crippen molar-refractivity contribution in [3.8, 4) is 0 Å². The first-order chi connectivity index (χ1) is 8.19. The molecule has 3 rings (SSSR count). The number of hydrogen-bond donors (Lipinski definition) is 2. The fourth-order valence-corrected chi connectivity index (χ4v) is 5.09. The normalized spacial score (nSPS) is 42.6. The summed E-state index contributed by atoms with van der Waals surface area (Å²) in [5.41, 5.74) is 0. The van der Waals surface area contributed by atoms with Crippen molar-refractivity contribution in [2.24, 2.45) is 11.8 Å². The summed E-state index contributed by atoms with van der Waals surface area (Å²) in [5.74, 6) is 2.15. The van der Waals surface area contributed by atoms with Gasteiger partial charge in [0.15, 0.2) is 0 Å². The predicted octanol–water partition coefficient (Wildman–Crippen LogP) is 2.46. The Bertz CT molecular complexity index is 315. The van der Waals surface area contributed by atoms with Crippen LogP contribution in [-0.2, 0) is 4.79 Å². The Labute approximate surface area is 107 Å². The molecule has 4 heteroatoms. The lowest BCUT2D eigenvalue weighted by molar-refractivity contribution is -0.140. The maximum atomic E-state index is 11.1. The zero-order valence-electron chi connectivity index (χ0n) is 10.2. The molecule has 2 N–H and O–H groups in total. The molecule has 0 radical (unpaired) electrons. The third-order valence-corrected chi connectivity index (χ3v) is 6.04. The second kappa shape index (κ2) is 4.47. The monoisotopic (exact) mass is 255 g/mol. The SMILES string of the molecule is O=C(O)C1CCSC2(CCCC(C3CC3)C2)N1. The lowest BCUT2D eigenvalue weighted by atomic mass is 9.81. The van der Waals surface area contributed by atoms with Gasteiger partial charge in [-0.15, -0.1) is 11.8 Å². The van der Waals surface area contributed by atoms with E-state index < -0.39 is 5.97 Å². The molecule has 3 unspecified atom stereocenters. The van der Waals surface area contributed by atoms with E-state index in [0.717, 1.165) is 30.4 Å². The minimum atomic E-state index is -0.668. The van der Waals surface area contributed by atoms with Crippen LogP contribution in [0, 0.1) is 11.8 Å². The van der Waals surface area contributed by atoms with Crippen LogP contribution >= 0.6 is 11.8 Å². The predicted molar refractivity (Wildman–Crippen MR) is 69.0 cm³/mol. The fourth-order valence-electron chi connectivity index (χ4n) is 3.50. The lowest BCUT2D eigenvalue weighted by Crippen LogP contribution is -2.56. The summed E-state index contributed by atoms with van der Waals surface area (Å²) in [6, 6.07) is -0.311. The number of carboxylic acid groups (broad SMARTS) is 1. The Hall–Kier alpha value is -0.220. The van der Waals surface area contributed by atoms with E-state index in [0.29, 0.717) is 0 Å². The molecule has 1 spiro atoms. The summed E-state index contributed by atoms with van der Waals surface area (Å²) < 4.78 is 0. The van der Waals surface area contributed by atoms with Crippen molar-refractivity contribution in [3.63, 3.8) is 0 Å². The van der Waals surface area contributed by atoms with Crippen LogP contribution < -0.4 is 5.32 Å². The molecule has 0 aromatic rings. The van der Waals surface area contributed by atoms with Crippen LogP contribution in [0.1, 0.15) is 44.9 Å². The quantitative estimate of drug-likeness (QED) is 0.796. The van der Waals surface area contributed by atoms with Crippen LogP contribution in [-0.4, -0.2) is 27.7 Å². The highest BCUT2D eigenvalue weighted by Crippen LogP contribution is 2.50. The van der Waals surface area contributed by atoms with Gasteiger partial charge < -0.3 is 5.11 Å². The number of carboxylic acids is 1. The minimum Gasteiger partial charge on any atom is -0.480 e. The van der Waals surface area contributed by atoms with Gasteiger partial charge in [0.2, 0.25) is 0 Å². The standard InChI is InChI=1S/C13H21NO2S/c15-12(16)11-5-7-17-13(14-11)6-1-2-10(8-13)9-3-4-9/h9-11,14H,1-8H2,(H,15,16). The first kappa shape index (κ1) is 11.8. The van der Waals surface area contributed by atoms with Crippen LogP contribution in [0.5, 0.6) is 0 Å². The van der Waals surface area contributed by atoms with Crippen molar-refractivity contribution >= 4 is 17.7 Å². The third-order valence-electron chi connectivity index (χ3n) is 4.56. The van der Waals surface area contributed by atoms with Gasteiger partial charge in [-0.05, 0) is 56.1 Å². The summed E-state index contributed by atoms with van der Waals surface area (Å²) in [5, 5.41) is 12.6. The smallest absolute Gasteiger partial charge is 0.320 e. The van der Waals surface area contributed by atoms with Gasteiger partial charge in [-0.1, -0.05) is 6.42 Å². The summed E-state index contributed by atoms with van der Waals surface area (Å²) >= 11 is 1.98. The Morgan fingerprint density at radius 1 is 1.24 bits per heavy atom. The van der Waals surface area contributed by atoms with Crippen LogP contribution in [0.2, 0.25) is 0 Å². The maximum absolute atomic E-state index is 11.1. The van der Waals surface area contributed by atoms with E-state index in [4.69, 9.17) is 5.11 Å². The van der Waals surface area contributed by atoms with Crippen LogP contribution in [0.4, 0.5) is 0 Å². The van der Waals surface area contributed by atoms with Crippen molar-refractivity contribution in [1.82, 2.24) is 5.32 Å². The molecule has 1 heterocycles. The molecule has 0 aromatic carbocycles. The lowest BCUT2D eigenvalue weighted by Gasteiger charge is -2.46. The number of aliphatic carboxylic acids is 1. The van der Waals surface area contributed by atoms with Crippen molar-refractivity contribution in [2.45, 2.75) is 55.9 Å². The van der Waals surface area contributed by atoms with Crippen molar-refractivity contribution in [3.05, 3.63) is 0 Å². The molecule has 3 nitrogen and oxygen atoms in total. The van der Waals surface area contributed by atoms with E-state index in [9.17, 15) is 4.79 Å². The highest BCUT2D eigenvalue weighted by Gasteiger charge is 2.45. The number of nitrogens with one attached hydrogen (secondary N) is 1. The summed E-state index contributed by atoms with van der Waals surface area (Å²) in [7, 11) is 0. The van der Waals surface area contributed by atoms with Gasteiger partial charge in [0, 0.05) is 0 Å². The van der Waals surface area contributed by atoms with E-state index in [-0.39, 0.29) is 10.9 Å². The first-order valence-corrected chi connectivity index (χ1v) is 7.82. The van der Waals surface area contributed by atoms with Gasteiger partial charge in [-0.25, -0.2) is 0 Å². The molecule has 96 valence electrons. The van der Waals surface area contributed by atoms with Gasteiger partial charge in [-0.2, -0.15) is 0 Å². The van der Waals surface area contributed by atoms with Gasteiger partial charge in [0.25, 0.3) is 0 Å². The Morgan fingerprint density at radius 2 is 2.06 bits per heavy atom. The second-order valence-corrected chi connectivity index (χ2v) is 7.34. The van der Waals surface area contributed by atoms with Crippen LogP contribution in [0.3, 0.4) is 0 Å². The summed E-state index contributed by atoms with van der Waals surface area (Å²) in [6.45, 7) is 0. The summed E-state index contributed by atoms with van der Waals surface area (Å²) in [4.78, 5) is 11.2. The molecular weight excluding hydrogens is 234 g/mol. The third kappa shape index (κ3) is 2.48. The topological polar surface area (TPSA) is 49.3 Å². The van der Waals surface area contributed by atoms with E-state index in [1.807, 2.05) is 11.8 Å². The van der Waals surface area contributed by atoms with Gasteiger partial charge in [0.1, 0.15) is 6.04 Å². The number of carbonyl (C=O) groups is 1. The minimum absolute atomic E-state index is 0.0901. The second-order valence-electron chi connectivity index (χ2n) is 5.86. The molecule has 3 aliphatic rings. The average Bonchev–Trinajstić information content (AvgIpc) is 3.13. The Kier molecular flexibility index (Phi) is 3.11. The maximum Gasteiger partial charge on any atom is 0.320 e. The number of hydrogen-bond acceptors (Lipinski definition) is 3. The molecule has 2 saturated carbocycles. The van der Waals surface area contributed by atoms with Crippen molar-refractivity contribution < 1.29 is 9.90 Å². The van der Waals surface area contributed by atoms with Crippen LogP contribution in [0.15, 0.2) is 0 Å². The number of thioether (sulfide) groups is 1. The van der Waals surface area contributed by atoms with Gasteiger partial charge in [-0.3, -0.25) is 10.1 Å². The molecule has 0 aromatic heterocycles. The zero-order valence-corrected chi connectivity index (χ0v) is 11.0. The molecule has 17 heavy (non-hydrogen) atoms. The highest BCUT2D eigenvalue weighted by atomic mass is 32.2. The molecule has 3 fully saturated rings. The molecule has 1 aliphatic heterocycles. The molecule has 1 saturated heterocycles. The van der Waals surface area contributed by atoms with E-state index in [1.54, 1.807) is 0 Å². The molecule has 0 bridgehead atoms. The number of rotatable bonds is 2. The van der Waals surface area contributed by atoms with Gasteiger partial charge in [0.05, 0.1) is 4.87 Å². The fraction of sp³-hybridized carbons (Fsp3) is 0.923. The molecule has 3 atom stereocenters. The Balaban J connectivity index is 1.68. The van der Waals surface area contributed by atoms with E-state index in [1.165, 1.54) is 32.1 Å². The van der Waals surface area contributed by atoms with E-state index in [2.05, 4.69) is 5.32 Å². The van der Waals surface area contributed by atoms with Gasteiger partial charge >= 0.3 is 5.97 Å². The van der Waals surface area contributed by atoms with Crippen molar-refractivity contribution in [2.75, 3.05) is 5.75 Å². The molecule has 0 amide bonds. The highest BCUT2D eigenvalue weighted by molar-refractivity contribution is 8.00.